The molecule has 4 nitrogen and oxygen atoms in total. The molecule has 0 bridgehead atoms. The molecular weight excluding hydrogens is 411 g/mol. The van der Waals surface area contributed by atoms with Crippen LogP contribution in [-0.2, 0) is 17.4 Å². The highest BCUT2D eigenvalue weighted by atomic mass is 32.2. The van der Waals surface area contributed by atoms with Crippen molar-refractivity contribution in [1.29, 1.82) is 0 Å². The van der Waals surface area contributed by atoms with Gasteiger partial charge in [-0.1, -0.05) is 72.4 Å². The summed E-state index contributed by atoms with van der Waals surface area (Å²) >= 11 is 0.903. The number of halogens is 3. The van der Waals surface area contributed by atoms with E-state index in [-0.39, 0.29) is 16.8 Å². The average molecular weight is 431 g/mol. The molecule has 3 aromatic rings. The van der Waals surface area contributed by atoms with Crippen LogP contribution in [0.2, 0.25) is 0 Å². The van der Waals surface area contributed by atoms with Crippen LogP contribution in [0.15, 0.2) is 71.9 Å². The van der Waals surface area contributed by atoms with Crippen LogP contribution in [-0.4, -0.2) is 27.7 Å². The summed E-state index contributed by atoms with van der Waals surface area (Å²) in [5, 5.41) is 2.07. The zero-order chi connectivity index (χ0) is 21.6. The number of alkyl halides is 3. The predicted molar refractivity (Wildman–Crippen MR) is 111 cm³/mol. The first kappa shape index (κ1) is 21.8. The van der Waals surface area contributed by atoms with E-state index in [2.05, 4.69) is 15.3 Å². The van der Waals surface area contributed by atoms with Gasteiger partial charge in [-0.05, 0) is 25.0 Å². The van der Waals surface area contributed by atoms with Crippen molar-refractivity contribution in [2.24, 2.45) is 0 Å². The Morgan fingerprint density at radius 3 is 2.30 bits per heavy atom. The van der Waals surface area contributed by atoms with Crippen LogP contribution >= 0.6 is 11.8 Å². The van der Waals surface area contributed by atoms with Gasteiger partial charge in [-0.25, -0.2) is 9.97 Å². The number of nitrogens with one attached hydrogen (secondary N) is 1. The van der Waals surface area contributed by atoms with E-state index in [0.29, 0.717) is 18.5 Å². The Bertz CT molecular complexity index is 982. The second-order valence-corrected chi connectivity index (χ2v) is 7.88. The SMILES string of the molecule is C[C@@H](Sc1nc(-c2ccccc2)cc(C(F)(F)F)n1)C(=O)NCCc1ccccc1. The molecule has 0 aliphatic carbocycles. The highest BCUT2D eigenvalue weighted by Gasteiger charge is 2.34. The maximum Gasteiger partial charge on any atom is 0.433 e. The smallest absolute Gasteiger partial charge is 0.355 e. The third-order valence-corrected chi connectivity index (χ3v) is 5.23. The molecule has 1 aromatic heterocycles. The van der Waals surface area contributed by atoms with Crippen molar-refractivity contribution in [3.8, 4) is 11.3 Å². The molecule has 0 aliphatic heterocycles. The fourth-order valence-electron chi connectivity index (χ4n) is 2.71. The quantitative estimate of drug-likeness (QED) is 0.422. The molecule has 156 valence electrons. The average Bonchev–Trinajstić information content (AvgIpc) is 2.74. The van der Waals surface area contributed by atoms with Crippen LogP contribution in [0, 0.1) is 0 Å². The maximum atomic E-state index is 13.3. The van der Waals surface area contributed by atoms with Crippen LogP contribution in [0.25, 0.3) is 11.3 Å². The Kier molecular flexibility index (Phi) is 7.10. The monoisotopic (exact) mass is 431 g/mol. The Morgan fingerprint density at radius 1 is 1.03 bits per heavy atom. The Labute approximate surface area is 177 Å². The van der Waals surface area contributed by atoms with E-state index >= 15 is 0 Å². The molecule has 0 aliphatic rings. The van der Waals surface area contributed by atoms with Gasteiger partial charge in [-0.15, -0.1) is 0 Å². The van der Waals surface area contributed by atoms with Crippen LogP contribution in [0.5, 0.6) is 0 Å². The molecule has 0 saturated carbocycles. The van der Waals surface area contributed by atoms with Crippen molar-refractivity contribution in [3.05, 3.63) is 78.0 Å². The summed E-state index contributed by atoms with van der Waals surface area (Å²) in [6.45, 7) is 2.06. The van der Waals surface area contributed by atoms with Gasteiger partial charge < -0.3 is 5.32 Å². The number of thioether (sulfide) groups is 1. The van der Waals surface area contributed by atoms with Gasteiger partial charge in [0.05, 0.1) is 10.9 Å². The summed E-state index contributed by atoms with van der Waals surface area (Å²) in [4.78, 5) is 20.2. The molecule has 1 N–H and O–H groups in total. The maximum absolute atomic E-state index is 13.3. The van der Waals surface area contributed by atoms with E-state index < -0.39 is 17.1 Å². The second-order valence-electron chi connectivity index (χ2n) is 6.57. The van der Waals surface area contributed by atoms with Crippen molar-refractivity contribution < 1.29 is 18.0 Å². The molecular formula is C22H20F3N3OS. The lowest BCUT2D eigenvalue weighted by atomic mass is 10.1. The summed E-state index contributed by atoms with van der Waals surface area (Å²) in [5.41, 5.74) is 0.770. The summed E-state index contributed by atoms with van der Waals surface area (Å²) in [7, 11) is 0. The molecule has 0 radical (unpaired) electrons. The molecule has 2 aromatic carbocycles. The molecule has 1 heterocycles. The highest BCUT2D eigenvalue weighted by molar-refractivity contribution is 8.00. The first-order valence-corrected chi connectivity index (χ1v) is 10.2. The van der Waals surface area contributed by atoms with Crippen molar-refractivity contribution in [2.45, 2.75) is 29.9 Å². The summed E-state index contributed by atoms with van der Waals surface area (Å²) in [6, 6.07) is 19.2. The highest BCUT2D eigenvalue weighted by Crippen LogP contribution is 2.32. The lowest BCUT2D eigenvalue weighted by molar-refractivity contribution is -0.141. The summed E-state index contributed by atoms with van der Waals surface area (Å²) < 4.78 is 39.9. The molecule has 1 atom stereocenters. The van der Waals surface area contributed by atoms with Crippen molar-refractivity contribution in [3.63, 3.8) is 0 Å². The number of carbonyl (C=O) groups is 1. The lowest BCUT2D eigenvalue weighted by Crippen LogP contribution is -2.32. The van der Waals surface area contributed by atoms with Crippen LogP contribution in [0.1, 0.15) is 18.2 Å². The normalized spacial score (nSPS) is 12.4. The first-order chi connectivity index (χ1) is 14.3. The number of rotatable bonds is 7. The largest absolute Gasteiger partial charge is 0.433 e. The Hall–Kier alpha value is -2.87. The number of hydrogen-bond acceptors (Lipinski definition) is 4. The molecule has 0 fully saturated rings. The zero-order valence-corrected chi connectivity index (χ0v) is 17.0. The number of nitrogens with zero attached hydrogens (tertiary/aromatic N) is 2. The summed E-state index contributed by atoms with van der Waals surface area (Å²) in [5.74, 6) is -0.279. The standard InChI is InChI=1S/C22H20F3N3OS/c1-15(20(29)26-13-12-16-8-4-2-5-9-16)30-21-27-18(17-10-6-3-7-11-17)14-19(28-21)22(23,24)25/h2-11,14-15H,12-13H2,1H3,(H,26,29)/t15-/m1/s1. The van der Waals surface area contributed by atoms with Crippen LogP contribution in [0.4, 0.5) is 13.2 Å². The van der Waals surface area contributed by atoms with Crippen molar-refractivity contribution in [2.75, 3.05) is 6.54 Å². The number of benzene rings is 2. The molecule has 3 rings (SSSR count). The van der Waals surface area contributed by atoms with Gasteiger partial charge >= 0.3 is 6.18 Å². The molecule has 30 heavy (non-hydrogen) atoms. The molecule has 0 unspecified atom stereocenters. The van der Waals surface area contributed by atoms with E-state index in [9.17, 15) is 18.0 Å². The number of amides is 1. The van der Waals surface area contributed by atoms with Crippen LogP contribution in [0.3, 0.4) is 0 Å². The van der Waals surface area contributed by atoms with Gasteiger partial charge in [0, 0.05) is 12.1 Å². The van der Waals surface area contributed by atoms with E-state index in [1.165, 1.54) is 0 Å². The van der Waals surface area contributed by atoms with Crippen molar-refractivity contribution in [1.82, 2.24) is 15.3 Å². The third kappa shape index (κ3) is 6.06. The van der Waals surface area contributed by atoms with Gasteiger partial charge in [0.15, 0.2) is 5.16 Å². The number of hydrogen-bond donors (Lipinski definition) is 1. The Morgan fingerprint density at radius 2 is 1.67 bits per heavy atom. The third-order valence-electron chi connectivity index (χ3n) is 4.27. The second kappa shape index (κ2) is 9.75. The molecule has 0 spiro atoms. The van der Waals surface area contributed by atoms with Gasteiger partial charge in [-0.3, -0.25) is 4.79 Å². The molecule has 8 heteroatoms. The molecule has 1 amide bonds. The zero-order valence-electron chi connectivity index (χ0n) is 16.2. The van der Waals surface area contributed by atoms with E-state index in [1.807, 2.05) is 30.3 Å². The van der Waals surface area contributed by atoms with Gasteiger partial charge in [-0.2, -0.15) is 13.2 Å². The minimum atomic E-state index is -4.61. The van der Waals surface area contributed by atoms with Gasteiger partial charge in [0.25, 0.3) is 0 Å². The van der Waals surface area contributed by atoms with E-state index in [0.717, 1.165) is 23.4 Å². The molecule has 0 saturated heterocycles. The minimum absolute atomic E-state index is 0.0885. The topological polar surface area (TPSA) is 54.9 Å². The van der Waals surface area contributed by atoms with Crippen molar-refractivity contribution >= 4 is 17.7 Å². The number of carbonyl (C=O) groups excluding carboxylic acids is 1. The lowest BCUT2D eigenvalue weighted by Gasteiger charge is -2.14. The first-order valence-electron chi connectivity index (χ1n) is 9.33. The number of aromatic nitrogens is 2. The summed E-state index contributed by atoms with van der Waals surface area (Å²) in [6.07, 6.45) is -3.94. The fraction of sp³-hybridized carbons (Fsp3) is 0.227. The van der Waals surface area contributed by atoms with Crippen LogP contribution < -0.4 is 5.32 Å². The van der Waals surface area contributed by atoms with E-state index in [1.54, 1.807) is 37.3 Å². The minimum Gasteiger partial charge on any atom is -0.355 e. The predicted octanol–water partition coefficient (Wildman–Crippen LogP) is 5.00. The Balaban J connectivity index is 1.70. The fourth-order valence-corrected chi connectivity index (χ4v) is 3.52. The van der Waals surface area contributed by atoms with Gasteiger partial charge in [0.1, 0.15) is 5.69 Å². The van der Waals surface area contributed by atoms with Gasteiger partial charge in [0.2, 0.25) is 5.91 Å². The van der Waals surface area contributed by atoms with E-state index in [4.69, 9.17) is 0 Å².